The molecule has 2 nitrogen and oxygen atoms in total. The second-order valence-corrected chi connectivity index (χ2v) is 7.00. The van der Waals surface area contributed by atoms with E-state index in [0.717, 1.165) is 8.66 Å². The van der Waals surface area contributed by atoms with E-state index in [0.29, 0.717) is 12.0 Å². The lowest BCUT2D eigenvalue weighted by atomic mass is 10.2. The molecule has 92 valence electrons. The Balaban J connectivity index is 1.93. The van der Waals surface area contributed by atoms with Gasteiger partial charge in [-0.15, -0.1) is 11.3 Å². The Labute approximate surface area is 114 Å². The summed E-state index contributed by atoms with van der Waals surface area (Å²) in [5, 5.41) is 0. The van der Waals surface area contributed by atoms with Crippen molar-refractivity contribution in [2.24, 2.45) is 5.92 Å². The molecule has 2 rings (SSSR count). The highest BCUT2D eigenvalue weighted by Crippen LogP contribution is 2.34. The molecule has 17 heavy (non-hydrogen) atoms. The number of carbonyl (C=O) groups is 1. The number of rotatable bonds is 4. The van der Waals surface area contributed by atoms with Crippen LogP contribution in [0.1, 0.15) is 24.6 Å². The van der Waals surface area contributed by atoms with Gasteiger partial charge in [0, 0.05) is 24.0 Å². The van der Waals surface area contributed by atoms with Crippen LogP contribution in [0, 0.1) is 5.92 Å². The molecule has 1 aliphatic carbocycles. The minimum atomic E-state index is 0.0916. The third-order valence-corrected chi connectivity index (χ3v) is 4.84. The molecule has 1 aromatic heterocycles. The normalized spacial score (nSPS) is 17.4. The van der Waals surface area contributed by atoms with Gasteiger partial charge in [0.05, 0.1) is 3.79 Å². The first kappa shape index (κ1) is 12.8. The Bertz CT molecular complexity index is 436. The Hall–Kier alpha value is -0.610. The zero-order valence-corrected chi connectivity index (χ0v) is 12.4. The molecule has 0 spiro atoms. The van der Waals surface area contributed by atoms with Crippen LogP contribution in [0.25, 0.3) is 6.08 Å². The molecule has 1 amide bonds. The van der Waals surface area contributed by atoms with E-state index in [1.807, 2.05) is 30.2 Å². The van der Waals surface area contributed by atoms with Crippen LogP contribution in [-0.2, 0) is 4.79 Å². The van der Waals surface area contributed by atoms with Gasteiger partial charge >= 0.3 is 0 Å². The highest BCUT2D eigenvalue weighted by Gasteiger charge is 2.31. The SMILES string of the molecule is CC(C1CC1)N(C)C(=O)/C=C/c1ccc(Br)s1. The van der Waals surface area contributed by atoms with Crippen molar-refractivity contribution in [3.63, 3.8) is 0 Å². The minimum absolute atomic E-state index is 0.0916. The predicted molar refractivity (Wildman–Crippen MR) is 76.0 cm³/mol. The maximum atomic E-state index is 11.9. The zero-order chi connectivity index (χ0) is 12.4. The van der Waals surface area contributed by atoms with Crippen LogP contribution in [0.3, 0.4) is 0 Å². The summed E-state index contributed by atoms with van der Waals surface area (Å²) >= 11 is 5.04. The molecule has 1 atom stereocenters. The summed E-state index contributed by atoms with van der Waals surface area (Å²) in [7, 11) is 1.89. The van der Waals surface area contributed by atoms with Crippen LogP contribution < -0.4 is 0 Å². The second-order valence-electron chi connectivity index (χ2n) is 4.50. The Morgan fingerprint density at radius 3 is 2.82 bits per heavy atom. The molecule has 0 N–H and O–H groups in total. The molecule has 0 radical (unpaired) electrons. The lowest BCUT2D eigenvalue weighted by molar-refractivity contribution is -0.126. The maximum Gasteiger partial charge on any atom is 0.246 e. The first-order valence-electron chi connectivity index (χ1n) is 5.78. The zero-order valence-electron chi connectivity index (χ0n) is 10.0. The van der Waals surface area contributed by atoms with Crippen LogP contribution in [0.15, 0.2) is 22.0 Å². The van der Waals surface area contributed by atoms with Crippen molar-refractivity contribution in [3.8, 4) is 0 Å². The average Bonchev–Trinajstić information content (AvgIpc) is 3.08. The molecule has 0 aliphatic heterocycles. The van der Waals surface area contributed by atoms with Crippen LogP contribution in [0.5, 0.6) is 0 Å². The van der Waals surface area contributed by atoms with Crippen LogP contribution in [0.2, 0.25) is 0 Å². The number of thiophene rings is 1. The average molecular weight is 314 g/mol. The monoisotopic (exact) mass is 313 g/mol. The highest BCUT2D eigenvalue weighted by molar-refractivity contribution is 9.11. The molecule has 1 aliphatic rings. The molecule has 0 saturated heterocycles. The molecule has 0 bridgehead atoms. The molecule has 0 aromatic carbocycles. The van der Waals surface area contributed by atoms with Crippen molar-refractivity contribution in [2.75, 3.05) is 7.05 Å². The van der Waals surface area contributed by atoms with Crippen LogP contribution in [0.4, 0.5) is 0 Å². The van der Waals surface area contributed by atoms with E-state index in [1.54, 1.807) is 17.4 Å². The van der Waals surface area contributed by atoms with Gasteiger partial charge in [0.1, 0.15) is 0 Å². The summed E-state index contributed by atoms with van der Waals surface area (Å²) in [6, 6.07) is 4.36. The standard InChI is InChI=1S/C13H16BrNOS/c1-9(10-3-4-10)15(2)13(16)8-6-11-5-7-12(14)17-11/h5-10H,3-4H2,1-2H3/b8-6+. The molecule has 1 fully saturated rings. The van der Waals surface area contributed by atoms with Crippen molar-refractivity contribution in [2.45, 2.75) is 25.8 Å². The van der Waals surface area contributed by atoms with Crippen molar-refractivity contribution >= 4 is 39.2 Å². The topological polar surface area (TPSA) is 20.3 Å². The molecule has 4 heteroatoms. The predicted octanol–water partition coefficient (Wildman–Crippen LogP) is 3.78. The van der Waals surface area contributed by atoms with E-state index >= 15 is 0 Å². The van der Waals surface area contributed by atoms with Gasteiger partial charge in [0.25, 0.3) is 0 Å². The molecule has 1 saturated carbocycles. The molecular weight excluding hydrogens is 298 g/mol. The third-order valence-electron chi connectivity index (χ3n) is 3.25. The highest BCUT2D eigenvalue weighted by atomic mass is 79.9. The fourth-order valence-corrected chi connectivity index (χ4v) is 3.11. The molecule has 1 aromatic rings. The fourth-order valence-electron chi connectivity index (χ4n) is 1.78. The van der Waals surface area contributed by atoms with Gasteiger partial charge in [-0.1, -0.05) is 0 Å². The van der Waals surface area contributed by atoms with Crippen molar-refractivity contribution < 1.29 is 4.79 Å². The van der Waals surface area contributed by atoms with Crippen LogP contribution in [-0.4, -0.2) is 23.9 Å². The van der Waals surface area contributed by atoms with Gasteiger partial charge in [-0.05, 0) is 59.8 Å². The Kier molecular flexibility index (Phi) is 4.05. The van der Waals surface area contributed by atoms with Gasteiger partial charge < -0.3 is 4.90 Å². The Morgan fingerprint density at radius 1 is 1.59 bits per heavy atom. The largest absolute Gasteiger partial charge is 0.339 e. The summed E-state index contributed by atoms with van der Waals surface area (Å²) in [6.45, 7) is 2.13. The summed E-state index contributed by atoms with van der Waals surface area (Å²) < 4.78 is 1.09. The smallest absolute Gasteiger partial charge is 0.246 e. The summed E-state index contributed by atoms with van der Waals surface area (Å²) in [4.78, 5) is 14.9. The van der Waals surface area contributed by atoms with E-state index in [9.17, 15) is 4.79 Å². The van der Waals surface area contributed by atoms with Gasteiger partial charge in [0.2, 0.25) is 5.91 Å². The van der Waals surface area contributed by atoms with Gasteiger partial charge in [-0.25, -0.2) is 0 Å². The van der Waals surface area contributed by atoms with E-state index < -0.39 is 0 Å². The number of likely N-dealkylation sites (N-methyl/N-ethyl adjacent to an activating group) is 1. The van der Waals surface area contributed by atoms with E-state index in [2.05, 4.69) is 22.9 Å². The van der Waals surface area contributed by atoms with E-state index in [-0.39, 0.29) is 5.91 Å². The molecule has 1 unspecified atom stereocenters. The van der Waals surface area contributed by atoms with E-state index in [1.165, 1.54) is 12.8 Å². The lowest BCUT2D eigenvalue weighted by Gasteiger charge is -2.23. The van der Waals surface area contributed by atoms with Gasteiger partial charge in [0.15, 0.2) is 0 Å². The second kappa shape index (κ2) is 5.36. The molecular formula is C13H16BrNOS. The summed E-state index contributed by atoms with van der Waals surface area (Å²) in [6.07, 6.45) is 6.08. The number of nitrogens with zero attached hydrogens (tertiary/aromatic N) is 1. The van der Waals surface area contributed by atoms with E-state index in [4.69, 9.17) is 0 Å². The number of amides is 1. The number of halogens is 1. The molecule has 1 heterocycles. The van der Waals surface area contributed by atoms with Crippen LogP contribution >= 0.6 is 27.3 Å². The summed E-state index contributed by atoms with van der Waals surface area (Å²) in [5.74, 6) is 0.808. The minimum Gasteiger partial charge on any atom is -0.339 e. The maximum absolute atomic E-state index is 11.9. The number of hydrogen-bond donors (Lipinski definition) is 0. The lowest BCUT2D eigenvalue weighted by Crippen LogP contribution is -2.35. The fraction of sp³-hybridized carbons (Fsp3) is 0.462. The van der Waals surface area contributed by atoms with Gasteiger partial charge in [-0.3, -0.25) is 4.79 Å². The van der Waals surface area contributed by atoms with Gasteiger partial charge in [-0.2, -0.15) is 0 Å². The number of carbonyl (C=O) groups excluding carboxylic acids is 1. The quantitative estimate of drug-likeness (QED) is 0.775. The Morgan fingerprint density at radius 2 is 2.29 bits per heavy atom. The summed E-state index contributed by atoms with van der Waals surface area (Å²) in [5.41, 5.74) is 0. The first-order chi connectivity index (χ1) is 8.08. The number of hydrogen-bond acceptors (Lipinski definition) is 2. The third kappa shape index (κ3) is 3.42. The van der Waals surface area contributed by atoms with Crippen molar-refractivity contribution in [1.29, 1.82) is 0 Å². The first-order valence-corrected chi connectivity index (χ1v) is 7.39. The van der Waals surface area contributed by atoms with Crippen molar-refractivity contribution in [1.82, 2.24) is 4.90 Å². The van der Waals surface area contributed by atoms with Crippen molar-refractivity contribution in [3.05, 3.63) is 26.9 Å².